The fraction of sp³-hybridized carbons (Fsp3) is 0.125. The highest BCUT2D eigenvalue weighted by atomic mass is 16.6. The first kappa shape index (κ1) is 7.75. The summed E-state index contributed by atoms with van der Waals surface area (Å²) >= 11 is 0. The van der Waals surface area contributed by atoms with Crippen LogP contribution in [-0.4, -0.2) is 5.90 Å². The summed E-state index contributed by atoms with van der Waals surface area (Å²) in [5.41, 5.74) is 1.79. The Morgan fingerprint density at radius 2 is 2.27 bits per heavy atom. The average molecular weight is 150 g/mol. The predicted molar refractivity (Wildman–Crippen MR) is 43.3 cm³/mol. The van der Waals surface area contributed by atoms with Gasteiger partial charge >= 0.3 is 0 Å². The van der Waals surface area contributed by atoms with E-state index >= 15 is 0 Å². The zero-order valence-electron chi connectivity index (χ0n) is 6.29. The second-order valence-electron chi connectivity index (χ2n) is 2.32. The Balaban J connectivity index is 2.96. The predicted octanol–water partition coefficient (Wildman–Crippen LogP) is 1.21. The van der Waals surface area contributed by atoms with Gasteiger partial charge in [-0.3, -0.25) is 5.41 Å². The summed E-state index contributed by atoms with van der Waals surface area (Å²) in [5, 5.41) is 7.23. The summed E-state index contributed by atoms with van der Waals surface area (Å²) in [6.45, 7) is 1.95. The van der Waals surface area contributed by atoms with Crippen molar-refractivity contribution in [3.63, 3.8) is 0 Å². The molecule has 3 nitrogen and oxygen atoms in total. The van der Waals surface area contributed by atoms with Gasteiger partial charge in [-0.2, -0.15) is 5.90 Å². The summed E-state index contributed by atoms with van der Waals surface area (Å²) in [6.07, 6.45) is 0. The number of hydrogen-bond acceptors (Lipinski definition) is 3. The normalized spacial score (nSPS) is 9.27. The second kappa shape index (κ2) is 3.16. The van der Waals surface area contributed by atoms with Gasteiger partial charge in [0.25, 0.3) is 0 Å². The molecule has 0 aromatic heterocycles. The van der Waals surface area contributed by atoms with Crippen LogP contribution in [0.5, 0.6) is 0 Å². The van der Waals surface area contributed by atoms with Crippen molar-refractivity contribution in [2.45, 2.75) is 6.92 Å². The Morgan fingerprint density at radius 3 is 2.82 bits per heavy atom. The third-order valence-corrected chi connectivity index (χ3v) is 1.40. The summed E-state index contributed by atoms with van der Waals surface area (Å²) in [7, 11) is 0. The molecule has 0 bridgehead atoms. The summed E-state index contributed by atoms with van der Waals surface area (Å²) in [6, 6.07) is 7.43. The first-order valence-electron chi connectivity index (χ1n) is 3.26. The van der Waals surface area contributed by atoms with E-state index in [1.807, 2.05) is 25.1 Å². The van der Waals surface area contributed by atoms with Crippen molar-refractivity contribution in [2.24, 2.45) is 5.90 Å². The molecule has 0 spiro atoms. The summed E-state index contributed by atoms with van der Waals surface area (Å²) in [5.74, 6) is 4.82. The molecule has 1 rings (SSSR count). The minimum Gasteiger partial charge on any atom is -0.391 e. The summed E-state index contributed by atoms with van der Waals surface area (Å²) in [4.78, 5) is 4.27. The third-order valence-electron chi connectivity index (χ3n) is 1.40. The van der Waals surface area contributed by atoms with Crippen LogP contribution in [0.25, 0.3) is 0 Å². The van der Waals surface area contributed by atoms with Gasteiger partial charge < -0.3 is 4.84 Å². The summed E-state index contributed by atoms with van der Waals surface area (Å²) < 4.78 is 0. The van der Waals surface area contributed by atoms with Crippen molar-refractivity contribution in [1.29, 1.82) is 5.41 Å². The molecular weight excluding hydrogens is 140 g/mol. The highest BCUT2D eigenvalue weighted by molar-refractivity contribution is 5.91. The number of hydrogen-bond donors (Lipinski definition) is 2. The Morgan fingerprint density at radius 1 is 1.55 bits per heavy atom. The molecule has 0 aliphatic heterocycles. The van der Waals surface area contributed by atoms with Gasteiger partial charge in [0.1, 0.15) is 0 Å². The van der Waals surface area contributed by atoms with Crippen molar-refractivity contribution in [2.75, 3.05) is 0 Å². The van der Waals surface area contributed by atoms with Crippen LogP contribution in [0.2, 0.25) is 0 Å². The molecule has 0 heterocycles. The molecule has 0 saturated heterocycles. The molecule has 3 heteroatoms. The first-order valence-corrected chi connectivity index (χ1v) is 3.26. The van der Waals surface area contributed by atoms with Crippen molar-refractivity contribution in [1.82, 2.24) is 0 Å². The minimum atomic E-state index is -0.00583. The number of nitrogens with one attached hydrogen (secondary N) is 1. The fourth-order valence-corrected chi connectivity index (χ4v) is 0.854. The molecule has 0 unspecified atom stereocenters. The molecule has 11 heavy (non-hydrogen) atoms. The molecule has 0 atom stereocenters. The Bertz CT molecular complexity index is 271. The van der Waals surface area contributed by atoms with Crippen LogP contribution in [0.15, 0.2) is 24.3 Å². The molecule has 0 aliphatic carbocycles. The van der Waals surface area contributed by atoms with Crippen LogP contribution in [0.1, 0.15) is 11.1 Å². The maximum Gasteiger partial charge on any atom is 0.237 e. The molecule has 0 saturated carbocycles. The van der Waals surface area contributed by atoms with Gasteiger partial charge in [0.2, 0.25) is 5.90 Å². The van der Waals surface area contributed by atoms with Crippen molar-refractivity contribution in [3.05, 3.63) is 35.4 Å². The van der Waals surface area contributed by atoms with Crippen LogP contribution >= 0.6 is 0 Å². The van der Waals surface area contributed by atoms with E-state index in [1.165, 1.54) is 0 Å². The zero-order valence-corrected chi connectivity index (χ0v) is 6.29. The molecule has 0 aliphatic rings. The Labute approximate surface area is 65.3 Å². The third kappa shape index (κ3) is 1.78. The molecule has 58 valence electrons. The van der Waals surface area contributed by atoms with Crippen LogP contribution in [-0.2, 0) is 4.84 Å². The van der Waals surface area contributed by atoms with Gasteiger partial charge in [-0.1, -0.05) is 17.7 Å². The number of benzene rings is 1. The Kier molecular flexibility index (Phi) is 2.23. The van der Waals surface area contributed by atoms with Gasteiger partial charge in [-0.25, -0.2) is 0 Å². The minimum absolute atomic E-state index is 0.00583. The molecule has 1 aromatic rings. The van der Waals surface area contributed by atoms with E-state index in [1.54, 1.807) is 6.07 Å². The molecule has 0 fully saturated rings. The van der Waals surface area contributed by atoms with E-state index in [-0.39, 0.29) is 5.90 Å². The van der Waals surface area contributed by atoms with Gasteiger partial charge in [0.05, 0.1) is 0 Å². The van der Waals surface area contributed by atoms with E-state index in [4.69, 9.17) is 11.3 Å². The lowest BCUT2D eigenvalue weighted by Gasteiger charge is -2.00. The van der Waals surface area contributed by atoms with E-state index in [0.29, 0.717) is 5.56 Å². The van der Waals surface area contributed by atoms with Crippen LogP contribution in [0.3, 0.4) is 0 Å². The van der Waals surface area contributed by atoms with Crippen molar-refractivity contribution in [3.8, 4) is 0 Å². The SMILES string of the molecule is Cc1cccc(C(=N)ON)c1. The first-order chi connectivity index (χ1) is 5.24. The van der Waals surface area contributed by atoms with Crippen molar-refractivity contribution < 1.29 is 4.84 Å². The van der Waals surface area contributed by atoms with E-state index < -0.39 is 0 Å². The number of nitrogens with two attached hydrogens (primary N) is 1. The highest BCUT2D eigenvalue weighted by Gasteiger charge is 1.99. The van der Waals surface area contributed by atoms with Crippen LogP contribution in [0.4, 0.5) is 0 Å². The molecule has 3 N–H and O–H groups in total. The fourth-order valence-electron chi connectivity index (χ4n) is 0.854. The lowest BCUT2D eigenvalue weighted by Crippen LogP contribution is -2.09. The Hall–Kier alpha value is -1.35. The number of rotatable bonds is 1. The molecule has 0 radical (unpaired) electrons. The molecule has 1 aromatic carbocycles. The lowest BCUT2D eigenvalue weighted by molar-refractivity contribution is 0.319. The molecule has 0 amide bonds. The largest absolute Gasteiger partial charge is 0.391 e. The van der Waals surface area contributed by atoms with Crippen molar-refractivity contribution >= 4 is 5.90 Å². The number of aryl methyl sites for hydroxylation is 1. The average Bonchev–Trinajstić information content (AvgIpc) is 2.03. The molecular formula is C8H10N2O. The maximum absolute atomic E-state index is 7.23. The lowest BCUT2D eigenvalue weighted by atomic mass is 10.1. The van der Waals surface area contributed by atoms with Gasteiger partial charge in [0.15, 0.2) is 0 Å². The van der Waals surface area contributed by atoms with Crippen LogP contribution in [0, 0.1) is 12.3 Å². The quantitative estimate of drug-likeness (QED) is 0.359. The smallest absolute Gasteiger partial charge is 0.237 e. The van der Waals surface area contributed by atoms with Gasteiger partial charge in [-0.15, -0.1) is 0 Å². The maximum atomic E-state index is 7.23. The monoisotopic (exact) mass is 150 g/mol. The standard InChI is InChI=1S/C8H10N2O/c1-6-3-2-4-7(5-6)8(9)11-10/h2-5,9H,10H2,1H3. The van der Waals surface area contributed by atoms with Crippen LogP contribution < -0.4 is 5.90 Å². The second-order valence-corrected chi connectivity index (χ2v) is 2.32. The van der Waals surface area contributed by atoms with E-state index in [2.05, 4.69) is 4.84 Å². The zero-order chi connectivity index (χ0) is 8.27. The van der Waals surface area contributed by atoms with E-state index in [9.17, 15) is 0 Å². The van der Waals surface area contributed by atoms with E-state index in [0.717, 1.165) is 5.56 Å². The highest BCUT2D eigenvalue weighted by Crippen LogP contribution is 2.03. The van der Waals surface area contributed by atoms with Gasteiger partial charge in [0, 0.05) is 5.56 Å². The topological polar surface area (TPSA) is 59.1 Å². The van der Waals surface area contributed by atoms with Gasteiger partial charge in [-0.05, 0) is 19.1 Å².